The Hall–Kier alpha value is -3.28. The molecule has 0 amide bonds. The zero-order valence-corrected chi connectivity index (χ0v) is 19.5. The van der Waals surface area contributed by atoms with E-state index in [4.69, 9.17) is 38.0 Å². The van der Waals surface area contributed by atoms with Crippen LogP contribution in [0.15, 0.2) is 72.9 Å². The van der Waals surface area contributed by atoms with Crippen LogP contribution in [0, 0.1) is 0 Å². The molecule has 1 heterocycles. The van der Waals surface area contributed by atoms with Crippen LogP contribution >= 0.6 is 23.2 Å². The van der Waals surface area contributed by atoms with Crippen molar-refractivity contribution in [3.8, 4) is 28.1 Å². The molecule has 7 heteroatoms. The smallest absolute Gasteiger partial charge is 0.341 e. The lowest BCUT2D eigenvalue weighted by Gasteiger charge is -2.08. The Balaban J connectivity index is 1.50. The van der Waals surface area contributed by atoms with Gasteiger partial charge in [-0.05, 0) is 53.9 Å². The molecule has 4 aromatic rings. The third kappa shape index (κ3) is 5.56. The number of aromatic nitrogens is 2. The van der Waals surface area contributed by atoms with Crippen LogP contribution in [0.4, 0.5) is 0 Å². The van der Waals surface area contributed by atoms with E-state index in [1.54, 1.807) is 18.2 Å². The van der Waals surface area contributed by atoms with Gasteiger partial charge < -0.3 is 14.4 Å². The highest BCUT2D eigenvalue weighted by molar-refractivity contribution is 6.36. The number of imidazole rings is 1. The van der Waals surface area contributed by atoms with Crippen LogP contribution in [0.5, 0.6) is 5.75 Å². The van der Waals surface area contributed by atoms with Crippen LogP contribution in [-0.2, 0) is 17.8 Å². The second kappa shape index (κ2) is 10.1. The van der Waals surface area contributed by atoms with Crippen molar-refractivity contribution in [2.24, 2.45) is 0 Å². The third-order valence-electron chi connectivity index (χ3n) is 5.27. The fraction of sp³-hybridized carbons (Fsp3) is 0.154. The first-order valence-electron chi connectivity index (χ1n) is 10.5. The number of carboxylic acids is 1. The lowest BCUT2D eigenvalue weighted by atomic mass is 10.0. The quantitative estimate of drug-likeness (QED) is 0.308. The fourth-order valence-electron chi connectivity index (χ4n) is 3.58. The van der Waals surface area contributed by atoms with Crippen molar-refractivity contribution < 1.29 is 14.6 Å². The number of ether oxygens (including phenoxy) is 1. The summed E-state index contributed by atoms with van der Waals surface area (Å²) >= 11 is 12.4. The van der Waals surface area contributed by atoms with Gasteiger partial charge in [0.2, 0.25) is 0 Å². The number of hydrogen-bond acceptors (Lipinski definition) is 3. The Bertz CT molecular complexity index is 1270. The number of benzene rings is 3. The van der Waals surface area contributed by atoms with Gasteiger partial charge in [-0.1, -0.05) is 59.6 Å². The lowest BCUT2D eigenvalue weighted by Crippen LogP contribution is -2.09. The first-order chi connectivity index (χ1) is 15.9. The first kappa shape index (κ1) is 22.9. The molecule has 0 aliphatic rings. The minimum absolute atomic E-state index is 0.354. The summed E-state index contributed by atoms with van der Waals surface area (Å²) in [5.41, 5.74) is 4.93. The fourth-order valence-corrected chi connectivity index (χ4v) is 4.09. The maximum Gasteiger partial charge on any atom is 0.341 e. The summed E-state index contributed by atoms with van der Waals surface area (Å²) in [5, 5.41) is 9.89. The van der Waals surface area contributed by atoms with Crippen molar-refractivity contribution in [1.29, 1.82) is 0 Å². The van der Waals surface area contributed by atoms with Gasteiger partial charge in [-0.15, -0.1) is 0 Å². The molecule has 1 aromatic heterocycles. The molecule has 1 N–H and O–H groups in total. The summed E-state index contributed by atoms with van der Waals surface area (Å²) in [4.78, 5) is 15.5. The number of carbonyl (C=O) groups is 1. The Morgan fingerprint density at radius 2 is 1.67 bits per heavy atom. The van der Waals surface area contributed by atoms with Crippen LogP contribution < -0.4 is 4.74 Å². The molecule has 4 rings (SSSR count). The predicted octanol–water partition coefficient (Wildman–Crippen LogP) is 6.60. The molecule has 0 radical (unpaired) electrons. The minimum atomic E-state index is -0.998. The van der Waals surface area contributed by atoms with E-state index in [0.29, 0.717) is 22.2 Å². The standard InChI is InChI=1S/C26H22Cl2N2O3/c1-2-30-15-24(22-12-9-20(27)14-23(22)28)29-25(30)13-17-3-5-18(6-4-17)19-7-10-21(11-8-19)33-16-26(31)32/h3-12,14-15H,2,13,16H2,1H3,(H,31,32). The van der Waals surface area contributed by atoms with Gasteiger partial charge in [-0.3, -0.25) is 0 Å². The van der Waals surface area contributed by atoms with Crippen LogP contribution in [0.2, 0.25) is 10.0 Å². The van der Waals surface area contributed by atoms with E-state index < -0.39 is 5.97 Å². The molecule has 0 fully saturated rings. The Kier molecular flexibility index (Phi) is 7.02. The van der Waals surface area contributed by atoms with E-state index in [2.05, 4.69) is 35.8 Å². The zero-order valence-electron chi connectivity index (χ0n) is 18.0. The number of aliphatic carboxylic acids is 1. The van der Waals surface area contributed by atoms with E-state index >= 15 is 0 Å². The molecule has 5 nitrogen and oxygen atoms in total. The van der Waals surface area contributed by atoms with Gasteiger partial charge in [0.25, 0.3) is 0 Å². The molecular formula is C26H22Cl2N2O3. The third-order valence-corrected chi connectivity index (χ3v) is 5.82. The average molecular weight is 481 g/mol. The maximum absolute atomic E-state index is 10.6. The molecule has 168 valence electrons. The highest BCUT2D eigenvalue weighted by atomic mass is 35.5. The maximum atomic E-state index is 10.6. The molecule has 33 heavy (non-hydrogen) atoms. The van der Waals surface area contributed by atoms with E-state index in [9.17, 15) is 4.79 Å². The highest BCUT2D eigenvalue weighted by Crippen LogP contribution is 2.30. The minimum Gasteiger partial charge on any atom is -0.482 e. The molecule has 0 aliphatic heterocycles. The zero-order chi connectivity index (χ0) is 23.4. The van der Waals surface area contributed by atoms with Crippen molar-refractivity contribution in [2.75, 3.05) is 6.61 Å². The number of nitrogens with zero attached hydrogens (tertiary/aromatic N) is 2. The van der Waals surface area contributed by atoms with Gasteiger partial charge in [0.05, 0.1) is 10.7 Å². The summed E-state index contributed by atoms with van der Waals surface area (Å²) in [7, 11) is 0. The second-order valence-corrected chi connectivity index (χ2v) is 8.38. The molecule has 0 unspecified atom stereocenters. The number of hydrogen-bond donors (Lipinski definition) is 1. The van der Waals surface area contributed by atoms with Gasteiger partial charge in [0.1, 0.15) is 11.6 Å². The summed E-state index contributed by atoms with van der Waals surface area (Å²) in [6, 6.07) is 21.1. The van der Waals surface area contributed by atoms with E-state index in [1.807, 2.05) is 30.5 Å². The lowest BCUT2D eigenvalue weighted by molar-refractivity contribution is -0.139. The second-order valence-electron chi connectivity index (χ2n) is 7.53. The molecular weight excluding hydrogens is 459 g/mol. The molecule has 0 spiro atoms. The summed E-state index contributed by atoms with van der Waals surface area (Å²) in [5.74, 6) is 0.494. The molecule has 0 aliphatic carbocycles. The van der Waals surface area contributed by atoms with Crippen LogP contribution in [-0.4, -0.2) is 27.2 Å². The Labute approximate surface area is 202 Å². The molecule has 0 saturated carbocycles. The Morgan fingerprint density at radius 3 is 2.27 bits per heavy atom. The van der Waals surface area contributed by atoms with Gasteiger partial charge >= 0.3 is 5.97 Å². The van der Waals surface area contributed by atoms with E-state index in [0.717, 1.165) is 40.3 Å². The highest BCUT2D eigenvalue weighted by Gasteiger charge is 2.13. The van der Waals surface area contributed by atoms with Crippen LogP contribution in [0.1, 0.15) is 18.3 Å². The normalized spacial score (nSPS) is 10.9. The summed E-state index contributed by atoms with van der Waals surface area (Å²) in [6.45, 7) is 2.54. The topological polar surface area (TPSA) is 64.4 Å². The van der Waals surface area contributed by atoms with Gasteiger partial charge in [-0.25, -0.2) is 9.78 Å². The Morgan fingerprint density at radius 1 is 1.00 bits per heavy atom. The van der Waals surface area contributed by atoms with Gasteiger partial charge in [-0.2, -0.15) is 0 Å². The van der Waals surface area contributed by atoms with E-state index in [1.165, 1.54) is 0 Å². The SMILES string of the molecule is CCn1cc(-c2ccc(Cl)cc2Cl)nc1Cc1ccc(-c2ccc(OCC(=O)O)cc2)cc1. The van der Waals surface area contributed by atoms with E-state index in [-0.39, 0.29) is 6.61 Å². The van der Waals surface area contributed by atoms with Crippen molar-refractivity contribution >= 4 is 29.2 Å². The molecule has 0 bridgehead atoms. The average Bonchev–Trinajstić information content (AvgIpc) is 3.21. The van der Waals surface area contributed by atoms with Crippen LogP contribution in [0.25, 0.3) is 22.4 Å². The molecule has 3 aromatic carbocycles. The molecule has 0 atom stereocenters. The van der Waals surface area contributed by atoms with Crippen molar-refractivity contribution in [3.63, 3.8) is 0 Å². The summed E-state index contributed by atoms with van der Waals surface area (Å²) < 4.78 is 7.32. The first-order valence-corrected chi connectivity index (χ1v) is 11.2. The van der Waals surface area contributed by atoms with Crippen molar-refractivity contribution in [1.82, 2.24) is 9.55 Å². The van der Waals surface area contributed by atoms with Gasteiger partial charge in [0.15, 0.2) is 6.61 Å². The number of rotatable bonds is 8. The van der Waals surface area contributed by atoms with Crippen molar-refractivity contribution in [3.05, 3.63) is 94.4 Å². The summed E-state index contributed by atoms with van der Waals surface area (Å²) in [6.07, 6.45) is 2.72. The number of carboxylic acid groups (broad SMARTS) is 1. The monoisotopic (exact) mass is 480 g/mol. The largest absolute Gasteiger partial charge is 0.482 e. The predicted molar refractivity (Wildman–Crippen MR) is 131 cm³/mol. The van der Waals surface area contributed by atoms with Gasteiger partial charge in [0, 0.05) is 29.7 Å². The number of aryl methyl sites for hydroxylation is 1. The number of halogens is 2. The molecule has 0 saturated heterocycles. The van der Waals surface area contributed by atoms with Crippen molar-refractivity contribution in [2.45, 2.75) is 19.9 Å². The van der Waals surface area contributed by atoms with Crippen LogP contribution in [0.3, 0.4) is 0 Å².